The SMILES string of the molecule is COC(=O)COc1ccc(S(=O)(=O)N2CCN(c3ccccc3F)CC2)cc1Cl. The number of benzene rings is 2. The number of hydrogen-bond donors (Lipinski definition) is 0. The summed E-state index contributed by atoms with van der Waals surface area (Å²) in [6.07, 6.45) is 0. The molecule has 0 aliphatic carbocycles. The number of ether oxygens (including phenoxy) is 2. The predicted molar refractivity (Wildman–Crippen MR) is 106 cm³/mol. The van der Waals surface area contributed by atoms with E-state index in [2.05, 4.69) is 4.74 Å². The Balaban J connectivity index is 1.69. The maximum atomic E-state index is 14.0. The zero-order valence-electron chi connectivity index (χ0n) is 15.7. The van der Waals surface area contributed by atoms with Crippen LogP contribution in [-0.2, 0) is 19.6 Å². The lowest BCUT2D eigenvalue weighted by atomic mass is 10.2. The molecule has 1 aliphatic heterocycles. The first kappa shape index (κ1) is 21.4. The van der Waals surface area contributed by atoms with Gasteiger partial charge in [-0.3, -0.25) is 0 Å². The van der Waals surface area contributed by atoms with Crippen LogP contribution in [0.4, 0.5) is 10.1 Å². The fourth-order valence-corrected chi connectivity index (χ4v) is 4.73. The summed E-state index contributed by atoms with van der Waals surface area (Å²) in [4.78, 5) is 13.0. The van der Waals surface area contributed by atoms with E-state index in [-0.39, 0.29) is 41.2 Å². The molecule has 29 heavy (non-hydrogen) atoms. The van der Waals surface area contributed by atoms with Gasteiger partial charge in [0.1, 0.15) is 11.6 Å². The molecule has 0 atom stereocenters. The average Bonchev–Trinajstić information content (AvgIpc) is 2.73. The van der Waals surface area contributed by atoms with Crippen LogP contribution < -0.4 is 9.64 Å². The molecule has 0 unspecified atom stereocenters. The Morgan fingerprint density at radius 1 is 1.14 bits per heavy atom. The van der Waals surface area contributed by atoms with Gasteiger partial charge >= 0.3 is 5.97 Å². The monoisotopic (exact) mass is 442 g/mol. The zero-order chi connectivity index (χ0) is 21.0. The quantitative estimate of drug-likeness (QED) is 0.640. The van der Waals surface area contributed by atoms with Crippen LogP contribution in [-0.4, -0.2) is 58.6 Å². The van der Waals surface area contributed by atoms with E-state index in [1.165, 1.54) is 35.7 Å². The molecule has 0 saturated carbocycles. The van der Waals surface area contributed by atoms with Gasteiger partial charge in [0.2, 0.25) is 10.0 Å². The van der Waals surface area contributed by atoms with E-state index in [9.17, 15) is 17.6 Å². The number of para-hydroxylation sites is 1. The summed E-state index contributed by atoms with van der Waals surface area (Å²) < 4.78 is 50.9. The van der Waals surface area contributed by atoms with Crippen molar-refractivity contribution >= 4 is 33.3 Å². The minimum atomic E-state index is -3.77. The number of anilines is 1. The number of esters is 1. The van der Waals surface area contributed by atoms with Crippen molar-refractivity contribution in [3.8, 4) is 5.75 Å². The summed E-state index contributed by atoms with van der Waals surface area (Å²) in [7, 11) is -2.54. The molecule has 156 valence electrons. The Morgan fingerprint density at radius 3 is 2.45 bits per heavy atom. The Morgan fingerprint density at radius 2 is 1.83 bits per heavy atom. The van der Waals surface area contributed by atoms with Crippen molar-refractivity contribution in [2.24, 2.45) is 0 Å². The number of carbonyl (C=O) groups is 1. The topological polar surface area (TPSA) is 76.1 Å². The maximum Gasteiger partial charge on any atom is 0.343 e. The molecule has 3 rings (SSSR count). The van der Waals surface area contributed by atoms with Gasteiger partial charge in [0, 0.05) is 26.2 Å². The lowest BCUT2D eigenvalue weighted by Gasteiger charge is -2.35. The molecular formula is C19H20ClFN2O5S. The summed E-state index contributed by atoms with van der Waals surface area (Å²) in [5, 5.41) is 0.0694. The van der Waals surface area contributed by atoms with Crippen molar-refractivity contribution in [1.29, 1.82) is 0 Å². The zero-order valence-corrected chi connectivity index (χ0v) is 17.2. The van der Waals surface area contributed by atoms with Crippen LogP contribution in [0.3, 0.4) is 0 Å². The second-order valence-corrected chi connectivity index (χ2v) is 8.64. The molecule has 2 aromatic carbocycles. The smallest absolute Gasteiger partial charge is 0.343 e. The summed E-state index contributed by atoms with van der Waals surface area (Å²) in [6, 6.07) is 10.5. The molecule has 1 heterocycles. The minimum Gasteiger partial charge on any atom is -0.480 e. The van der Waals surface area contributed by atoms with E-state index >= 15 is 0 Å². The number of rotatable bonds is 6. The minimum absolute atomic E-state index is 0.0206. The number of hydrogen-bond acceptors (Lipinski definition) is 6. The number of sulfonamides is 1. The summed E-state index contributed by atoms with van der Waals surface area (Å²) in [6.45, 7) is 0.840. The Kier molecular flexibility index (Phi) is 6.61. The first-order valence-electron chi connectivity index (χ1n) is 8.81. The normalized spacial score (nSPS) is 15.2. The standard InChI is InChI=1S/C19H20ClFN2O5S/c1-27-19(24)13-28-18-7-6-14(12-15(18)20)29(25,26)23-10-8-22(9-11-23)17-5-3-2-4-16(17)21/h2-7,12H,8-11,13H2,1H3. The van der Waals surface area contributed by atoms with E-state index in [0.29, 0.717) is 18.8 Å². The second-order valence-electron chi connectivity index (χ2n) is 6.30. The number of piperazine rings is 1. The van der Waals surface area contributed by atoms with Crippen LogP contribution >= 0.6 is 11.6 Å². The third kappa shape index (κ3) is 4.80. The molecule has 1 saturated heterocycles. The van der Waals surface area contributed by atoms with Gasteiger partial charge in [-0.1, -0.05) is 23.7 Å². The van der Waals surface area contributed by atoms with Crippen molar-refractivity contribution in [2.75, 3.05) is 44.8 Å². The number of halogens is 2. The maximum absolute atomic E-state index is 14.0. The van der Waals surface area contributed by atoms with Crippen molar-refractivity contribution in [1.82, 2.24) is 4.31 Å². The Bertz CT molecular complexity index is 994. The van der Waals surface area contributed by atoms with Crippen molar-refractivity contribution in [3.63, 3.8) is 0 Å². The molecular weight excluding hydrogens is 423 g/mol. The van der Waals surface area contributed by atoms with E-state index in [0.717, 1.165) is 0 Å². The third-order valence-electron chi connectivity index (χ3n) is 4.55. The first-order valence-corrected chi connectivity index (χ1v) is 10.6. The number of nitrogens with zero attached hydrogens (tertiary/aromatic N) is 2. The second kappa shape index (κ2) is 8.98. The average molecular weight is 443 g/mol. The summed E-state index contributed by atoms with van der Waals surface area (Å²) in [5.74, 6) is -0.732. The number of methoxy groups -OCH3 is 1. The van der Waals surface area contributed by atoms with Gasteiger partial charge in [0.25, 0.3) is 0 Å². The van der Waals surface area contributed by atoms with Gasteiger partial charge in [0.15, 0.2) is 6.61 Å². The molecule has 1 aliphatic rings. The van der Waals surface area contributed by atoms with Crippen LogP contribution in [0, 0.1) is 5.82 Å². The summed E-state index contributed by atoms with van der Waals surface area (Å²) in [5.41, 5.74) is 0.458. The molecule has 0 amide bonds. The molecule has 0 N–H and O–H groups in total. The molecule has 0 bridgehead atoms. The van der Waals surface area contributed by atoms with Gasteiger partial charge in [0.05, 0.1) is 22.7 Å². The first-order chi connectivity index (χ1) is 13.8. The van der Waals surface area contributed by atoms with Crippen LogP contribution in [0.25, 0.3) is 0 Å². The molecule has 0 aromatic heterocycles. The molecule has 2 aromatic rings. The highest BCUT2D eigenvalue weighted by atomic mass is 35.5. The lowest BCUT2D eigenvalue weighted by Crippen LogP contribution is -2.48. The van der Waals surface area contributed by atoms with Crippen molar-refractivity contribution in [3.05, 3.63) is 53.3 Å². The van der Waals surface area contributed by atoms with Crippen molar-refractivity contribution in [2.45, 2.75) is 4.90 Å². The van der Waals surface area contributed by atoms with Crippen molar-refractivity contribution < 1.29 is 27.1 Å². The molecule has 0 spiro atoms. The van der Waals surface area contributed by atoms with Gasteiger partial charge in [-0.05, 0) is 30.3 Å². The highest BCUT2D eigenvalue weighted by Gasteiger charge is 2.29. The lowest BCUT2D eigenvalue weighted by molar-refractivity contribution is -0.142. The van der Waals surface area contributed by atoms with Crippen LogP contribution in [0.5, 0.6) is 5.75 Å². The fourth-order valence-electron chi connectivity index (χ4n) is 2.98. The van der Waals surface area contributed by atoms with E-state index in [4.69, 9.17) is 16.3 Å². The Labute approximate surface area is 173 Å². The van der Waals surface area contributed by atoms with Crippen LogP contribution in [0.2, 0.25) is 5.02 Å². The van der Waals surface area contributed by atoms with E-state index < -0.39 is 16.0 Å². The predicted octanol–water partition coefficient (Wildman–Crippen LogP) is 2.54. The molecule has 10 heteroatoms. The largest absolute Gasteiger partial charge is 0.480 e. The van der Waals surface area contributed by atoms with Gasteiger partial charge < -0.3 is 14.4 Å². The van der Waals surface area contributed by atoms with Gasteiger partial charge in [-0.25, -0.2) is 17.6 Å². The van der Waals surface area contributed by atoms with Gasteiger partial charge in [-0.15, -0.1) is 0 Å². The molecule has 1 fully saturated rings. The van der Waals surface area contributed by atoms with Gasteiger partial charge in [-0.2, -0.15) is 4.31 Å². The molecule has 0 radical (unpaired) electrons. The number of carbonyl (C=O) groups excluding carboxylic acids is 1. The van der Waals surface area contributed by atoms with Crippen LogP contribution in [0.15, 0.2) is 47.4 Å². The Hall–Kier alpha value is -2.36. The van der Waals surface area contributed by atoms with E-state index in [1.807, 2.05) is 4.90 Å². The van der Waals surface area contributed by atoms with E-state index in [1.54, 1.807) is 18.2 Å². The van der Waals surface area contributed by atoms with Crippen LogP contribution in [0.1, 0.15) is 0 Å². The highest BCUT2D eigenvalue weighted by molar-refractivity contribution is 7.89. The summed E-state index contributed by atoms with van der Waals surface area (Å²) >= 11 is 6.11. The fraction of sp³-hybridized carbons (Fsp3) is 0.316. The highest BCUT2D eigenvalue weighted by Crippen LogP contribution is 2.29. The third-order valence-corrected chi connectivity index (χ3v) is 6.74. The molecule has 7 nitrogen and oxygen atoms in total.